The fourth-order valence-electron chi connectivity index (χ4n) is 3.83. The van der Waals surface area contributed by atoms with Crippen LogP contribution in [0, 0.1) is 0 Å². The number of rotatable bonds is 5. The van der Waals surface area contributed by atoms with Crippen LogP contribution in [0.4, 0.5) is 0 Å². The van der Waals surface area contributed by atoms with Crippen LogP contribution < -0.4 is 0 Å². The molecule has 138 valence electrons. The Hall–Kier alpha value is -1.44. The highest BCUT2D eigenvalue weighted by atomic mass is 32.1. The van der Waals surface area contributed by atoms with Crippen molar-refractivity contribution in [2.45, 2.75) is 38.3 Å². The molecule has 0 aliphatic carbocycles. The molecule has 1 aromatic heterocycles. The maximum Gasteiger partial charge on any atom is 0.317 e. The molecule has 1 unspecified atom stereocenters. The molecule has 1 atom stereocenters. The molecular formula is C18H27N3O3S. The maximum atomic E-state index is 12.7. The lowest BCUT2D eigenvalue weighted by Crippen LogP contribution is -2.43. The van der Waals surface area contributed by atoms with Crippen molar-refractivity contribution in [2.75, 3.05) is 39.8 Å². The highest BCUT2D eigenvalue weighted by molar-refractivity contribution is 7.10. The zero-order valence-electron chi connectivity index (χ0n) is 14.8. The number of likely N-dealkylation sites (tertiary alicyclic amines) is 1. The third-order valence-electron chi connectivity index (χ3n) is 5.32. The summed E-state index contributed by atoms with van der Waals surface area (Å²) in [5.74, 6) is -0.564. The summed E-state index contributed by atoms with van der Waals surface area (Å²) < 4.78 is 0. The first-order chi connectivity index (χ1) is 12.0. The maximum absolute atomic E-state index is 12.7. The lowest BCUT2D eigenvalue weighted by molar-refractivity contribution is -0.138. The van der Waals surface area contributed by atoms with Crippen molar-refractivity contribution in [1.82, 2.24) is 14.7 Å². The van der Waals surface area contributed by atoms with Crippen LogP contribution in [0.5, 0.6) is 0 Å². The van der Waals surface area contributed by atoms with Gasteiger partial charge in [-0.25, -0.2) is 0 Å². The number of fused-ring (bicyclic) bond motifs is 1. The SMILES string of the molecule is CN(CC(=O)O)C1CCCN(CC(=O)N2CCc3sccc3C2)CC1. The average molecular weight is 365 g/mol. The number of carboxylic acid groups (broad SMARTS) is 1. The van der Waals surface area contributed by atoms with Crippen LogP contribution in [0.25, 0.3) is 0 Å². The number of aliphatic carboxylic acids is 1. The minimum Gasteiger partial charge on any atom is -0.480 e. The van der Waals surface area contributed by atoms with Gasteiger partial charge in [0.1, 0.15) is 0 Å². The van der Waals surface area contributed by atoms with Crippen molar-refractivity contribution >= 4 is 23.2 Å². The number of hydrogen-bond acceptors (Lipinski definition) is 5. The molecule has 0 radical (unpaired) electrons. The van der Waals surface area contributed by atoms with Gasteiger partial charge in [-0.05, 0) is 56.3 Å². The van der Waals surface area contributed by atoms with Crippen molar-refractivity contribution in [3.63, 3.8) is 0 Å². The van der Waals surface area contributed by atoms with E-state index in [1.165, 1.54) is 10.4 Å². The van der Waals surface area contributed by atoms with Gasteiger partial charge in [0, 0.05) is 30.6 Å². The second-order valence-electron chi connectivity index (χ2n) is 7.10. The van der Waals surface area contributed by atoms with Gasteiger partial charge in [0.05, 0.1) is 13.1 Å². The molecule has 25 heavy (non-hydrogen) atoms. The van der Waals surface area contributed by atoms with Crippen LogP contribution in [0.15, 0.2) is 11.4 Å². The first-order valence-electron chi connectivity index (χ1n) is 9.00. The van der Waals surface area contributed by atoms with Gasteiger partial charge >= 0.3 is 5.97 Å². The van der Waals surface area contributed by atoms with E-state index in [2.05, 4.69) is 16.3 Å². The van der Waals surface area contributed by atoms with Crippen LogP contribution in [0.2, 0.25) is 0 Å². The number of hydrogen-bond donors (Lipinski definition) is 1. The van der Waals surface area contributed by atoms with E-state index in [0.29, 0.717) is 12.6 Å². The molecule has 1 aromatic rings. The van der Waals surface area contributed by atoms with E-state index < -0.39 is 5.97 Å². The zero-order chi connectivity index (χ0) is 17.8. The molecule has 1 amide bonds. The Balaban J connectivity index is 1.48. The fraction of sp³-hybridized carbons (Fsp3) is 0.667. The average Bonchev–Trinajstić information content (AvgIpc) is 2.92. The Labute approximate surface area is 153 Å². The molecule has 2 aliphatic rings. The predicted molar refractivity (Wildman–Crippen MR) is 97.8 cm³/mol. The van der Waals surface area contributed by atoms with Crippen molar-refractivity contribution in [2.24, 2.45) is 0 Å². The normalized spacial score (nSPS) is 21.8. The number of nitrogens with zero attached hydrogens (tertiary/aromatic N) is 3. The lowest BCUT2D eigenvalue weighted by atomic mass is 10.1. The lowest BCUT2D eigenvalue weighted by Gasteiger charge is -2.30. The molecule has 7 heteroatoms. The van der Waals surface area contributed by atoms with Crippen molar-refractivity contribution in [1.29, 1.82) is 0 Å². The summed E-state index contributed by atoms with van der Waals surface area (Å²) in [5.41, 5.74) is 1.30. The zero-order valence-corrected chi connectivity index (χ0v) is 15.6. The van der Waals surface area contributed by atoms with Crippen molar-refractivity contribution in [3.05, 3.63) is 21.9 Å². The largest absolute Gasteiger partial charge is 0.480 e. The van der Waals surface area contributed by atoms with E-state index in [1.54, 1.807) is 11.3 Å². The van der Waals surface area contributed by atoms with Gasteiger partial charge in [-0.2, -0.15) is 0 Å². The third kappa shape index (κ3) is 4.80. The summed E-state index contributed by atoms with van der Waals surface area (Å²) >= 11 is 1.79. The Kier molecular flexibility index (Phi) is 6.09. The van der Waals surface area contributed by atoms with E-state index in [9.17, 15) is 9.59 Å². The Morgan fingerprint density at radius 1 is 1.32 bits per heavy atom. The quantitative estimate of drug-likeness (QED) is 0.857. The number of thiophene rings is 1. The molecule has 0 saturated carbocycles. The van der Waals surface area contributed by atoms with Crippen LogP contribution in [-0.4, -0.2) is 77.5 Å². The van der Waals surface area contributed by atoms with E-state index in [1.807, 2.05) is 16.8 Å². The Morgan fingerprint density at radius 3 is 2.96 bits per heavy atom. The summed E-state index contributed by atoms with van der Waals surface area (Å²) in [6.07, 6.45) is 3.90. The molecule has 2 aliphatic heterocycles. The number of amides is 1. The minimum absolute atomic E-state index is 0.0837. The molecule has 0 bridgehead atoms. The predicted octanol–water partition coefficient (Wildman–Crippen LogP) is 1.50. The van der Waals surface area contributed by atoms with Gasteiger partial charge in [0.2, 0.25) is 5.91 Å². The molecule has 0 aromatic carbocycles. The summed E-state index contributed by atoms with van der Waals surface area (Å²) in [5, 5.41) is 11.1. The molecule has 0 spiro atoms. The molecule has 1 fully saturated rings. The molecule has 1 saturated heterocycles. The number of carbonyl (C=O) groups excluding carboxylic acids is 1. The number of carboxylic acids is 1. The summed E-state index contributed by atoms with van der Waals surface area (Å²) in [4.78, 5) is 31.1. The van der Waals surface area contributed by atoms with Gasteiger partial charge in [0.15, 0.2) is 0 Å². The van der Waals surface area contributed by atoms with Gasteiger partial charge < -0.3 is 10.0 Å². The topological polar surface area (TPSA) is 64.1 Å². The van der Waals surface area contributed by atoms with Crippen LogP contribution in [-0.2, 0) is 22.6 Å². The summed E-state index contributed by atoms with van der Waals surface area (Å²) in [6, 6.07) is 2.42. The summed E-state index contributed by atoms with van der Waals surface area (Å²) in [7, 11) is 1.88. The van der Waals surface area contributed by atoms with Crippen LogP contribution in [0.3, 0.4) is 0 Å². The monoisotopic (exact) mass is 365 g/mol. The second kappa shape index (κ2) is 8.29. The molecule has 1 N–H and O–H groups in total. The van der Waals surface area contributed by atoms with Gasteiger partial charge in [-0.1, -0.05) is 0 Å². The Morgan fingerprint density at radius 2 is 2.16 bits per heavy atom. The highest BCUT2D eigenvalue weighted by Gasteiger charge is 2.26. The molecule has 6 nitrogen and oxygen atoms in total. The molecule has 3 heterocycles. The van der Waals surface area contributed by atoms with Gasteiger partial charge in [0.25, 0.3) is 0 Å². The highest BCUT2D eigenvalue weighted by Crippen LogP contribution is 2.24. The smallest absolute Gasteiger partial charge is 0.317 e. The minimum atomic E-state index is -0.781. The standard InChI is InChI=1S/C18H27N3O3S/c1-19(13-18(23)24)15-3-2-7-20(8-4-15)12-17(22)21-9-5-16-14(11-21)6-10-25-16/h6,10,15H,2-5,7-9,11-13H2,1H3,(H,23,24). The van der Waals surface area contributed by atoms with E-state index in [-0.39, 0.29) is 12.5 Å². The molecular weight excluding hydrogens is 338 g/mol. The number of likely N-dealkylation sites (N-methyl/N-ethyl adjacent to an activating group) is 1. The van der Waals surface area contributed by atoms with E-state index in [4.69, 9.17) is 5.11 Å². The van der Waals surface area contributed by atoms with E-state index in [0.717, 1.165) is 51.9 Å². The fourth-order valence-corrected chi connectivity index (χ4v) is 4.72. The van der Waals surface area contributed by atoms with Crippen molar-refractivity contribution in [3.8, 4) is 0 Å². The van der Waals surface area contributed by atoms with E-state index >= 15 is 0 Å². The Bertz CT molecular complexity index is 618. The third-order valence-corrected chi connectivity index (χ3v) is 6.34. The van der Waals surface area contributed by atoms with Crippen LogP contribution >= 0.6 is 11.3 Å². The first kappa shape index (κ1) is 18.4. The van der Waals surface area contributed by atoms with Gasteiger partial charge in [-0.15, -0.1) is 11.3 Å². The van der Waals surface area contributed by atoms with Crippen molar-refractivity contribution < 1.29 is 14.7 Å². The van der Waals surface area contributed by atoms with Gasteiger partial charge in [-0.3, -0.25) is 19.4 Å². The van der Waals surface area contributed by atoms with Crippen LogP contribution in [0.1, 0.15) is 29.7 Å². The number of carbonyl (C=O) groups is 2. The first-order valence-corrected chi connectivity index (χ1v) is 9.88. The second-order valence-corrected chi connectivity index (χ2v) is 8.10. The molecule has 3 rings (SSSR count). The summed E-state index contributed by atoms with van der Waals surface area (Å²) in [6.45, 7) is 3.91.